The van der Waals surface area contributed by atoms with E-state index in [1.165, 1.54) is 18.3 Å². The summed E-state index contributed by atoms with van der Waals surface area (Å²) in [7, 11) is 0. The molecule has 1 saturated heterocycles. The predicted octanol–water partition coefficient (Wildman–Crippen LogP) is 3.59. The maximum atomic E-state index is 13.8. The van der Waals surface area contributed by atoms with E-state index in [9.17, 15) is 18.0 Å². The van der Waals surface area contributed by atoms with Crippen molar-refractivity contribution in [1.29, 1.82) is 0 Å². The van der Waals surface area contributed by atoms with Crippen LogP contribution in [0, 0.1) is 11.8 Å². The number of aromatic nitrogens is 4. The zero-order chi connectivity index (χ0) is 26.5. The Labute approximate surface area is 216 Å². The van der Waals surface area contributed by atoms with Crippen molar-refractivity contribution in [3.8, 4) is 11.8 Å². The molecule has 0 saturated carbocycles. The lowest BCUT2D eigenvalue weighted by atomic mass is 10.0. The molecule has 38 heavy (non-hydrogen) atoms. The van der Waals surface area contributed by atoms with E-state index in [2.05, 4.69) is 42.9 Å². The topological polar surface area (TPSA) is 99.5 Å². The van der Waals surface area contributed by atoms with Gasteiger partial charge in [0.25, 0.3) is 0 Å². The molecule has 4 aromatic rings. The maximum absolute atomic E-state index is 13.8. The molecule has 1 aliphatic rings. The quantitative estimate of drug-likeness (QED) is 0.356. The number of carbonyl (C=O) groups is 1. The number of urea groups is 1. The van der Waals surface area contributed by atoms with Crippen LogP contribution in [0.3, 0.4) is 0 Å². The van der Waals surface area contributed by atoms with Gasteiger partial charge in [-0.2, -0.15) is 18.3 Å². The first-order valence-electron chi connectivity index (χ1n) is 11.8. The summed E-state index contributed by atoms with van der Waals surface area (Å²) >= 11 is 0. The molecule has 4 heterocycles. The summed E-state index contributed by atoms with van der Waals surface area (Å²) in [5.74, 6) is 6.14. The molecule has 5 rings (SSSR count). The minimum absolute atomic E-state index is 0.0231. The van der Waals surface area contributed by atoms with Gasteiger partial charge in [0, 0.05) is 56.4 Å². The third kappa shape index (κ3) is 6.08. The van der Waals surface area contributed by atoms with Gasteiger partial charge in [-0.15, -0.1) is 0 Å². The van der Waals surface area contributed by atoms with Gasteiger partial charge in [-0.1, -0.05) is 12.0 Å². The summed E-state index contributed by atoms with van der Waals surface area (Å²) < 4.78 is 42.9. The normalized spacial score (nSPS) is 14.1. The van der Waals surface area contributed by atoms with Crippen LogP contribution in [0.1, 0.15) is 22.4 Å². The second-order valence-corrected chi connectivity index (χ2v) is 8.59. The molecule has 194 valence electrons. The van der Waals surface area contributed by atoms with Gasteiger partial charge in [0.1, 0.15) is 11.5 Å². The molecular weight excluding hydrogens is 497 g/mol. The number of alkyl halides is 3. The minimum atomic E-state index is -4.55. The minimum Gasteiger partial charge on any atom is -0.314 e. The third-order valence-corrected chi connectivity index (χ3v) is 5.89. The maximum Gasteiger partial charge on any atom is 0.416 e. The molecule has 1 aromatic carbocycles. The van der Waals surface area contributed by atoms with E-state index in [1.54, 1.807) is 35.1 Å². The largest absolute Gasteiger partial charge is 0.416 e. The zero-order valence-corrected chi connectivity index (χ0v) is 20.1. The highest BCUT2D eigenvalue weighted by atomic mass is 19.4. The monoisotopic (exact) mass is 520 g/mol. The molecule has 0 unspecified atom stereocenters. The molecule has 0 bridgehead atoms. The van der Waals surface area contributed by atoms with Crippen molar-refractivity contribution in [3.63, 3.8) is 0 Å². The number of fused-ring (bicyclic) bond motifs is 1. The summed E-state index contributed by atoms with van der Waals surface area (Å²) in [6.45, 7) is 3.00. The number of rotatable bonds is 4. The molecule has 9 nitrogen and oxygen atoms in total. The Morgan fingerprint density at radius 3 is 2.68 bits per heavy atom. The van der Waals surface area contributed by atoms with Crippen molar-refractivity contribution in [1.82, 2.24) is 29.8 Å². The summed E-state index contributed by atoms with van der Waals surface area (Å²) in [5, 5.41) is 12.4. The molecule has 0 radical (unpaired) electrons. The van der Waals surface area contributed by atoms with Crippen LogP contribution in [-0.2, 0) is 12.7 Å². The molecule has 3 N–H and O–H groups in total. The van der Waals surface area contributed by atoms with Gasteiger partial charge in [0.2, 0.25) is 0 Å². The Bertz CT molecular complexity index is 1520. The van der Waals surface area contributed by atoms with E-state index in [1.807, 2.05) is 11.0 Å². The molecule has 12 heteroatoms. The number of benzene rings is 1. The first-order chi connectivity index (χ1) is 18.3. The molecule has 3 aromatic heterocycles. The van der Waals surface area contributed by atoms with Crippen LogP contribution in [0.5, 0.6) is 0 Å². The smallest absolute Gasteiger partial charge is 0.314 e. The zero-order valence-electron chi connectivity index (χ0n) is 20.1. The van der Waals surface area contributed by atoms with Crippen LogP contribution < -0.4 is 16.0 Å². The van der Waals surface area contributed by atoms with Crippen molar-refractivity contribution < 1.29 is 18.0 Å². The number of amides is 2. The fourth-order valence-corrected chi connectivity index (χ4v) is 4.07. The van der Waals surface area contributed by atoms with E-state index in [-0.39, 0.29) is 23.6 Å². The summed E-state index contributed by atoms with van der Waals surface area (Å²) in [5.41, 5.74) is 1.24. The van der Waals surface area contributed by atoms with Crippen LogP contribution in [0.2, 0.25) is 0 Å². The Morgan fingerprint density at radius 2 is 1.87 bits per heavy atom. The van der Waals surface area contributed by atoms with Gasteiger partial charge >= 0.3 is 12.2 Å². The summed E-state index contributed by atoms with van der Waals surface area (Å²) in [4.78, 5) is 22.8. The van der Waals surface area contributed by atoms with E-state index in [4.69, 9.17) is 0 Å². The number of hydrogen-bond acceptors (Lipinski definition) is 6. The van der Waals surface area contributed by atoms with Crippen LogP contribution in [0.25, 0.3) is 5.65 Å². The Balaban J connectivity index is 1.27. The number of anilines is 2. The van der Waals surface area contributed by atoms with E-state index in [0.717, 1.165) is 19.2 Å². The number of pyridine rings is 1. The number of carbonyl (C=O) groups excluding carboxylic acids is 1. The van der Waals surface area contributed by atoms with E-state index >= 15 is 0 Å². The van der Waals surface area contributed by atoms with Crippen molar-refractivity contribution >= 4 is 23.2 Å². The molecule has 0 aliphatic carbocycles. The van der Waals surface area contributed by atoms with Crippen molar-refractivity contribution in [2.75, 3.05) is 36.8 Å². The fourth-order valence-electron chi connectivity index (χ4n) is 4.07. The standard InChI is InChI=1S/C26H23F3N8O/c27-26(28,29)22-15-20(5-4-19(22)17-36-12-10-30-11-13-36)34-25(38)35-23-14-18(7-9-31-23)3-6-21-16-32-24-2-1-8-33-37(21)24/h1-2,4-5,7-9,14-16,30H,10-13,17H2,(H2,31,34,35,38). The lowest BCUT2D eigenvalue weighted by molar-refractivity contribution is -0.138. The Kier molecular flexibility index (Phi) is 7.21. The van der Waals surface area contributed by atoms with Crippen LogP contribution in [-0.4, -0.2) is 56.7 Å². The van der Waals surface area contributed by atoms with Crippen LogP contribution in [0.15, 0.2) is 61.1 Å². The van der Waals surface area contributed by atoms with Gasteiger partial charge in [0.05, 0.1) is 11.8 Å². The van der Waals surface area contributed by atoms with Crippen molar-refractivity contribution in [2.45, 2.75) is 12.7 Å². The Hall–Kier alpha value is -4.47. The number of halogens is 3. The highest BCUT2D eigenvalue weighted by Gasteiger charge is 2.34. The molecule has 0 spiro atoms. The average molecular weight is 521 g/mol. The second kappa shape index (κ2) is 10.9. The van der Waals surface area contributed by atoms with Crippen molar-refractivity contribution in [2.24, 2.45) is 0 Å². The van der Waals surface area contributed by atoms with E-state index in [0.29, 0.717) is 30.0 Å². The highest BCUT2D eigenvalue weighted by molar-refractivity contribution is 5.99. The number of nitrogens with one attached hydrogen (secondary N) is 3. The van der Waals surface area contributed by atoms with Crippen LogP contribution in [0.4, 0.5) is 29.5 Å². The van der Waals surface area contributed by atoms with Gasteiger partial charge in [-0.05, 0) is 47.9 Å². The molecule has 1 fully saturated rings. The van der Waals surface area contributed by atoms with Crippen molar-refractivity contribution in [3.05, 3.63) is 83.4 Å². The molecule has 2 amide bonds. The number of imidazole rings is 1. The third-order valence-electron chi connectivity index (χ3n) is 5.89. The molecule has 1 aliphatic heterocycles. The van der Waals surface area contributed by atoms with Gasteiger partial charge in [-0.3, -0.25) is 10.2 Å². The van der Waals surface area contributed by atoms with Gasteiger partial charge < -0.3 is 10.6 Å². The average Bonchev–Trinajstić information content (AvgIpc) is 3.32. The molecular formula is C26H23F3N8O. The fraction of sp³-hybridized carbons (Fsp3) is 0.231. The molecule has 0 atom stereocenters. The first-order valence-corrected chi connectivity index (χ1v) is 11.8. The number of hydrogen-bond donors (Lipinski definition) is 3. The number of piperazine rings is 1. The Morgan fingerprint density at radius 1 is 1.03 bits per heavy atom. The predicted molar refractivity (Wildman–Crippen MR) is 135 cm³/mol. The summed E-state index contributed by atoms with van der Waals surface area (Å²) in [6, 6.07) is 9.91. The van der Waals surface area contributed by atoms with E-state index < -0.39 is 17.8 Å². The SMILES string of the molecule is O=C(Nc1ccc(CN2CCNCC2)c(C(F)(F)F)c1)Nc1cc(C#Cc2cnc3cccnn23)ccn1. The second-order valence-electron chi connectivity index (χ2n) is 8.59. The van der Waals surface area contributed by atoms with Crippen LogP contribution >= 0.6 is 0 Å². The summed E-state index contributed by atoms with van der Waals surface area (Å²) in [6.07, 6.45) is 0.152. The first kappa shape index (κ1) is 25.2. The lowest BCUT2D eigenvalue weighted by Crippen LogP contribution is -2.43. The van der Waals surface area contributed by atoms with Gasteiger partial charge in [-0.25, -0.2) is 19.3 Å². The number of nitrogens with zero attached hydrogens (tertiary/aromatic N) is 5. The lowest BCUT2D eigenvalue weighted by Gasteiger charge is -2.28. The van der Waals surface area contributed by atoms with Gasteiger partial charge in [0.15, 0.2) is 5.65 Å². The highest BCUT2D eigenvalue weighted by Crippen LogP contribution is 2.34.